The van der Waals surface area contributed by atoms with Crippen molar-refractivity contribution in [2.45, 2.75) is 32.0 Å². The van der Waals surface area contributed by atoms with E-state index in [1.54, 1.807) is 16.7 Å². The number of aromatic hydroxyl groups is 1. The lowest BCUT2D eigenvalue weighted by molar-refractivity contribution is -0.740. The number of phenols is 1. The molecule has 1 aromatic heterocycles. The van der Waals surface area contributed by atoms with Crippen LogP contribution in [0.15, 0.2) is 42.5 Å². The molecule has 1 aliphatic heterocycles. The lowest BCUT2D eigenvalue weighted by Gasteiger charge is -2.31. The number of phenolic OH excluding ortho intramolecular Hbond substituents is 1. The minimum Gasteiger partial charge on any atom is -0.507 e. The summed E-state index contributed by atoms with van der Waals surface area (Å²) >= 11 is 0. The number of methoxy groups -OCH3 is 2. The van der Waals surface area contributed by atoms with Crippen LogP contribution in [-0.4, -0.2) is 24.2 Å². The monoisotopic (exact) mass is 475 g/mol. The molecule has 0 aliphatic carbocycles. The predicted octanol–water partition coefficient (Wildman–Crippen LogP) is 5.25. The van der Waals surface area contributed by atoms with E-state index in [1.807, 2.05) is 13.8 Å². The second-order valence-electron chi connectivity index (χ2n) is 8.66. The largest absolute Gasteiger partial charge is 0.507 e. The van der Waals surface area contributed by atoms with Crippen LogP contribution in [0.3, 0.4) is 0 Å². The van der Waals surface area contributed by atoms with Crippen LogP contribution in [0.1, 0.15) is 25.0 Å². The van der Waals surface area contributed by atoms with Gasteiger partial charge in [-0.1, -0.05) is 0 Å². The van der Waals surface area contributed by atoms with Gasteiger partial charge in [0.05, 0.1) is 35.8 Å². The Labute approximate surface area is 193 Å². The molecule has 4 rings (SSSR count). The maximum atomic E-state index is 14.0. The highest BCUT2D eigenvalue weighted by Crippen LogP contribution is 2.44. The molecular weight excluding hydrogens is 453 g/mol. The minimum atomic E-state index is -4.70. The number of halogens is 3. The summed E-state index contributed by atoms with van der Waals surface area (Å²) in [5, 5.41) is 21.9. The van der Waals surface area contributed by atoms with Gasteiger partial charge in [-0.3, -0.25) is 10.1 Å². The van der Waals surface area contributed by atoms with Gasteiger partial charge in [0.1, 0.15) is 5.75 Å². The van der Waals surface area contributed by atoms with E-state index in [9.17, 15) is 28.4 Å². The van der Waals surface area contributed by atoms with Crippen molar-refractivity contribution in [1.29, 1.82) is 0 Å². The first kappa shape index (κ1) is 23.3. The summed E-state index contributed by atoms with van der Waals surface area (Å²) in [6.07, 6.45) is -4.27. The van der Waals surface area contributed by atoms with Gasteiger partial charge in [-0.2, -0.15) is 17.7 Å². The lowest BCUT2D eigenvalue weighted by atomic mass is 9.83. The molecule has 0 saturated carbocycles. The number of rotatable bonds is 4. The number of fused-ring (bicyclic) bond motifs is 3. The van der Waals surface area contributed by atoms with E-state index in [1.165, 1.54) is 14.2 Å². The Kier molecular flexibility index (Phi) is 5.42. The number of hydrogen-bond acceptors (Lipinski definition) is 5. The van der Waals surface area contributed by atoms with Crippen LogP contribution >= 0.6 is 0 Å². The smallest absolute Gasteiger partial charge is 0.416 e. The maximum Gasteiger partial charge on any atom is 0.416 e. The Hall–Kier alpha value is -3.82. The number of aromatic nitrogens is 1. The van der Waals surface area contributed by atoms with Crippen LogP contribution in [-0.2, 0) is 18.1 Å². The van der Waals surface area contributed by atoms with Gasteiger partial charge >= 0.3 is 6.18 Å². The summed E-state index contributed by atoms with van der Waals surface area (Å²) < 4.78 is 54.3. The van der Waals surface area contributed by atoms with Crippen LogP contribution in [0, 0.1) is 10.1 Å². The fourth-order valence-electron chi connectivity index (χ4n) is 4.50. The van der Waals surface area contributed by atoms with Gasteiger partial charge in [-0.25, -0.2) is 0 Å². The molecule has 0 radical (unpaired) electrons. The molecule has 0 bridgehead atoms. The zero-order valence-corrected chi connectivity index (χ0v) is 18.9. The van der Waals surface area contributed by atoms with Gasteiger partial charge in [0.2, 0.25) is 11.4 Å². The number of hydrogen-bond donors (Lipinski definition) is 1. The SMILES string of the molecule is COc1cc2c(cc1OC)-c1cc(C(F)(F)F)cc(-c3cc([N+](=O)[O-])ccc3O)[n+]1C(C)(C)C2. The number of pyridine rings is 1. The van der Waals surface area contributed by atoms with Crippen molar-refractivity contribution < 1.29 is 37.2 Å². The molecule has 0 saturated heterocycles. The quantitative estimate of drug-likeness (QED) is 0.317. The highest BCUT2D eigenvalue weighted by Gasteiger charge is 2.45. The van der Waals surface area contributed by atoms with Crippen molar-refractivity contribution in [2.75, 3.05) is 14.2 Å². The molecule has 0 amide bonds. The van der Waals surface area contributed by atoms with Crippen molar-refractivity contribution in [3.8, 4) is 39.8 Å². The van der Waals surface area contributed by atoms with Gasteiger partial charge in [0.25, 0.3) is 5.69 Å². The molecule has 0 atom stereocenters. The number of non-ortho nitro benzene ring substituents is 1. The van der Waals surface area contributed by atoms with Gasteiger partial charge in [-0.05, 0) is 23.8 Å². The Morgan fingerprint density at radius 3 is 2.15 bits per heavy atom. The summed E-state index contributed by atoms with van der Waals surface area (Å²) in [7, 11) is 2.91. The van der Waals surface area contributed by atoms with Gasteiger partial charge < -0.3 is 14.6 Å². The van der Waals surface area contributed by atoms with E-state index in [-0.39, 0.29) is 28.4 Å². The molecule has 0 fully saturated rings. The Morgan fingerprint density at radius 2 is 1.59 bits per heavy atom. The second kappa shape index (κ2) is 7.89. The van der Waals surface area contributed by atoms with Crippen molar-refractivity contribution in [1.82, 2.24) is 0 Å². The fraction of sp³-hybridized carbons (Fsp3) is 0.292. The number of nitrogens with zero attached hydrogens (tertiary/aromatic N) is 2. The summed E-state index contributed by atoms with van der Waals surface area (Å²) in [4.78, 5) is 10.7. The van der Waals surface area contributed by atoms with E-state index >= 15 is 0 Å². The number of alkyl halides is 3. The Bertz CT molecular complexity index is 1320. The molecule has 0 spiro atoms. The van der Waals surface area contributed by atoms with Crippen LogP contribution in [0.2, 0.25) is 0 Å². The Morgan fingerprint density at radius 1 is 1.00 bits per heavy atom. The fourth-order valence-corrected chi connectivity index (χ4v) is 4.50. The second-order valence-corrected chi connectivity index (χ2v) is 8.66. The average molecular weight is 475 g/mol. The minimum absolute atomic E-state index is 0.0106. The van der Waals surface area contributed by atoms with E-state index in [2.05, 4.69) is 0 Å². The molecule has 2 aromatic carbocycles. The van der Waals surface area contributed by atoms with Crippen LogP contribution in [0.5, 0.6) is 17.2 Å². The number of benzene rings is 2. The Balaban J connectivity index is 2.14. The van der Waals surface area contributed by atoms with Crippen molar-refractivity contribution >= 4 is 5.69 Å². The summed E-state index contributed by atoms with van der Waals surface area (Å²) in [5.41, 5.74) is -0.597. The van der Waals surface area contributed by atoms with E-state index < -0.39 is 22.2 Å². The standard InChI is InChI=1S/C24H21F3N2O5/c1-23(2)12-13-7-21(33-3)22(34-4)11-16(13)18-8-14(24(25,26)27)9-19(28(18)23)17-10-15(29(31)32)5-6-20(17)30/h5-11H,12H2,1-4H3/p+1. The zero-order chi connectivity index (χ0) is 25.0. The third-order valence-corrected chi connectivity index (χ3v) is 5.97. The highest BCUT2D eigenvalue weighted by molar-refractivity contribution is 5.73. The van der Waals surface area contributed by atoms with Gasteiger partial charge in [-0.15, -0.1) is 0 Å². The first-order valence-electron chi connectivity index (χ1n) is 10.3. The molecule has 178 valence electrons. The van der Waals surface area contributed by atoms with E-state index in [0.717, 1.165) is 35.9 Å². The summed E-state index contributed by atoms with van der Waals surface area (Å²) in [6, 6.07) is 8.60. The predicted molar refractivity (Wildman–Crippen MR) is 117 cm³/mol. The number of ether oxygens (including phenoxy) is 2. The van der Waals surface area contributed by atoms with E-state index in [4.69, 9.17) is 9.47 Å². The molecule has 1 N–H and O–H groups in total. The van der Waals surface area contributed by atoms with Crippen LogP contribution in [0.4, 0.5) is 18.9 Å². The highest BCUT2D eigenvalue weighted by atomic mass is 19.4. The zero-order valence-electron chi connectivity index (χ0n) is 18.9. The molecule has 2 heterocycles. The first-order valence-corrected chi connectivity index (χ1v) is 10.3. The molecule has 1 aliphatic rings. The van der Waals surface area contributed by atoms with Crippen molar-refractivity contribution in [2.24, 2.45) is 0 Å². The van der Waals surface area contributed by atoms with Crippen LogP contribution < -0.4 is 14.0 Å². The average Bonchev–Trinajstić information content (AvgIpc) is 2.76. The first-order chi connectivity index (χ1) is 15.9. The normalized spacial score (nSPS) is 14.2. The lowest BCUT2D eigenvalue weighted by Crippen LogP contribution is -2.58. The number of nitro benzene ring substituents is 1. The van der Waals surface area contributed by atoms with E-state index in [0.29, 0.717) is 23.5 Å². The third kappa shape index (κ3) is 3.78. The van der Waals surface area contributed by atoms with Crippen LogP contribution in [0.25, 0.3) is 22.5 Å². The maximum absolute atomic E-state index is 14.0. The van der Waals surface area contributed by atoms with Crippen molar-refractivity contribution in [3.05, 3.63) is 63.7 Å². The molecule has 3 aromatic rings. The molecule has 34 heavy (non-hydrogen) atoms. The number of nitro groups is 1. The molecule has 10 heteroatoms. The van der Waals surface area contributed by atoms with Crippen molar-refractivity contribution in [3.63, 3.8) is 0 Å². The topological polar surface area (TPSA) is 85.7 Å². The summed E-state index contributed by atoms with van der Waals surface area (Å²) in [5.74, 6) is 0.437. The summed E-state index contributed by atoms with van der Waals surface area (Å²) in [6.45, 7) is 3.70. The third-order valence-electron chi connectivity index (χ3n) is 5.97. The molecule has 7 nitrogen and oxygen atoms in total. The molecular formula is C24H22F3N2O5+. The van der Waals surface area contributed by atoms with Gasteiger partial charge in [0.15, 0.2) is 17.0 Å². The molecule has 0 unspecified atom stereocenters. The van der Waals surface area contributed by atoms with Gasteiger partial charge in [0, 0.05) is 44.5 Å².